The van der Waals surface area contributed by atoms with Crippen LogP contribution in [0, 0.1) is 0 Å². The van der Waals surface area contributed by atoms with E-state index in [-0.39, 0.29) is 17.0 Å². The summed E-state index contributed by atoms with van der Waals surface area (Å²) in [4.78, 5) is 31.8. The van der Waals surface area contributed by atoms with Crippen LogP contribution in [0.1, 0.15) is 30.4 Å². The first-order valence-electron chi connectivity index (χ1n) is 7.90. The van der Waals surface area contributed by atoms with Crippen LogP contribution in [-0.2, 0) is 5.54 Å². The van der Waals surface area contributed by atoms with E-state index in [0.29, 0.717) is 34.9 Å². The fourth-order valence-electron chi connectivity index (χ4n) is 2.34. The van der Waals surface area contributed by atoms with E-state index in [9.17, 15) is 9.59 Å². The monoisotopic (exact) mass is 360 g/mol. The zero-order valence-electron chi connectivity index (χ0n) is 14.3. The van der Waals surface area contributed by atoms with Crippen molar-refractivity contribution in [2.24, 2.45) is 0 Å². The lowest BCUT2D eigenvalue weighted by molar-refractivity contribution is 0.0959. The van der Waals surface area contributed by atoms with Crippen molar-refractivity contribution in [3.05, 3.63) is 38.9 Å². The third-order valence-corrected chi connectivity index (χ3v) is 4.39. The second-order valence-corrected chi connectivity index (χ2v) is 7.49. The summed E-state index contributed by atoms with van der Waals surface area (Å²) in [5.41, 5.74) is 0.00101. The summed E-state index contributed by atoms with van der Waals surface area (Å²) in [6.07, 6.45) is 1.53. The summed E-state index contributed by atoms with van der Waals surface area (Å²) in [6, 6.07) is 3.61. The number of thiophene rings is 1. The Hall–Kier alpha value is -2.68. The summed E-state index contributed by atoms with van der Waals surface area (Å²) < 4.78 is 1.72. The highest BCUT2D eigenvalue weighted by molar-refractivity contribution is 7.12. The number of carbonyl (C=O) groups excluding carboxylic acids is 1. The predicted octanol–water partition coefficient (Wildman–Crippen LogP) is 1.78. The molecular weight excluding hydrogens is 340 g/mol. The van der Waals surface area contributed by atoms with Gasteiger partial charge in [-0.25, -0.2) is 4.68 Å². The van der Waals surface area contributed by atoms with Crippen molar-refractivity contribution in [3.63, 3.8) is 0 Å². The Morgan fingerprint density at radius 3 is 2.84 bits per heavy atom. The van der Waals surface area contributed by atoms with Crippen LogP contribution in [0.4, 0.5) is 5.95 Å². The Morgan fingerprint density at radius 2 is 2.16 bits per heavy atom. The number of hydrogen-bond donors (Lipinski definition) is 3. The Bertz CT molecular complexity index is 936. The summed E-state index contributed by atoms with van der Waals surface area (Å²) >= 11 is 1.39. The highest BCUT2D eigenvalue weighted by atomic mass is 32.1. The lowest BCUT2D eigenvalue weighted by atomic mass is 10.1. The Balaban J connectivity index is 1.67. The van der Waals surface area contributed by atoms with Gasteiger partial charge in [0.2, 0.25) is 5.95 Å². The molecule has 132 valence electrons. The highest BCUT2D eigenvalue weighted by Crippen LogP contribution is 2.18. The minimum Gasteiger partial charge on any atom is -0.354 e. The topological polar surface area (TPSA) is 105 Å². The van der Waals surface area contributed by atoms with E-state index in [2.05, 4.69) is 25.7 Å². The van der Waals surface area contributed by atoms with E-state index < -0.39 is 0 Å². The summed E-state index contributed by atoms with van der Waals surface area (Å²) in [6.45, 7) is 6.84. The van der Waals surface area contributed by atoms with Crippen molar-refractivity contribution in [1.82, 2.24) is 25.1 Å². The van der Waals surface area contributed by atoms with Gasteiger partial charge in [-0.3, -0.25) is 14.6 Å². The quantitative estimate of drug-likeness (QED) is 0.602. The van der Waals surface area contributed by atoms with Gasteiger partial charge in [0.1, 0.15) is 5.39 Å². The van der Waals surface area contributed by atoms with E-state index >= 15 is 0 Å². The third kappa shape index (κ3) is 3.71. The van der Waals surface area contributed by atoms with Crippen molar-refractivity contribution in [2.75, 3.05) is 18.4 Å². The lowest BCUT2D eigenvalue weighted by Gasteiger charge is -2.19. The average molecular weight is 360 g/mol. The molecule has 0 saturated carbocycles. The van der Waals surface area contributed by atoms with Gasteiger partial charge in [-0.15, -0.1) is 11.3 Å². The van der Waals surface area contributed by atoms with Crippen molar-refractivity contribution in [1.29, 1.82) is 0 Å². The number of anilines is 1. The molecule has 0 spiro atoms. The van der Waals surface area contributed by atoms with Gasteiger partial charge in [0.05, 0.1) is 16.6 Å². The first-order chi connectivity index (χ1) is 11.9. The number of rotatable bonds is 5. The standard InChI is InChI=1S/C16H20N6O2S/c1-16(2,3)22-12-10(9-19-22)13(23)21-15(20-12)18-7-6-17-14(24)11-5-4-8-25-11/h4-5,8-9H,6-7H2,1-3H3,(H,17,24)(H2,18,20,21,23). The molecule has 0 unspecified atom stereocenters. The Morgan fingerprint density at radius 1 is 1.36 bits per heavy atom. The second kappa shape index (κ2) is 6.67. The van der Waals surface area contributed by atoms with Gasteiger partial charge in [-0.1, -0.05) is 6.07 Å². The highest BCUT2D eigenvalue weighted by Gasteiger charge is 2.19. The van der Waals surface area contributed by atoms with E-state index in [0.717, 1.165) is 0 Å². The molecule has 0 aliphatic carbocycles. The molecule has 0 atom stereocenters. The van der Waals surface area contributed by atoms with Crippen LogP contribution in [0.25, 0.3) is 11.0 Å². The molecule has 0 radical (unpaired) electrons. The molecule has 3 heterocycles. The Labute approximate surface area is 148 Å². The van der Waals surface area contributed by atoms with E-state index in [1.807, 2.05) is 32.2 Å². The van der Waals surface area contributed by atoms with Crippen LogP contribution in [0.2, 0.25) is 0 Å². The van der Waals surface area contributed by atoms with Crippen molar-refractivity contribution < 1.29 is 4.79 Å². The van der Waals surface area contributed by atoms with Crippen molar-refractivity contribution >= 4 is 34.2 Å². The van der Waals surface area contributed by atoms with Crippen LogP contribution in [0.5, 0.6) is 0 Å². The number of aromatic amines is 1. The fraction of sp³-hybridized carbons (Fsp3) is 0.375. The maximum Gasteiger partial charge on any atom is 0.263 e. The maximum atomic E-state index is 12.2. The SMILES string of the molecule is CC(C)(C)n1ncc2c(=O)[nH]c(NCCNC(=O)c3cccs3)nc21. The molecular formula is C16H20N6O2S. The third-order valence-electron chi connectivity index (χ3n) is 3.52. The number of nitrogens with one attached hydrogen (secondary N) is 3. The van der Waals surface area contributed by atoms with Crippen LogP contribution >= 0.6 is 11.3 Å². The van der Waals surface area contributed by atoms with Crippen LogP contribution in [-0.4, -0.2) is 38.7 Å². The van der Waals surface area contributed by atoms with Gasteiger partial charge in [-0.05, 0) is 32.2 Å². The van der Waals surface area contributed by atoms with E-state index in [1.165, 1.54) is 17.5 Å². The lowest BCUT2D eigenvalue weighted by Crippen LogP contribution is -2.29. The summed E-state index contributed by atoms with van der Waals surface area (Å²) in [7, 11) is 0. The first-order valence-corrected chi connectivity index (χ1v) is 8.78. The van der Waals surface area contributed by atoms with Crippen LogP contribution in [0.3, 0.4) is 0 Å². The van der Waals surface area contributed by atoms with Gasteiger partial charge in [0.15, 0.2) is 5.65 Å². The molecule has 8 nitrogen and oxygen atoms in total. The zero-order chi connectivity index (χ0) is 18.0. The van der Waals surface area contributed by atoms with E-state index in [1.54, 1.807) is 10.7 Å². The summed E-state index contributed by atoms with van der Waals surface area (Å²) in [5.74, 6) is 0.244. The smallest absolute Gasteiger partial charge is 0.263 e. The molecule has 0 aromatic carbocycles. The minimum absolute atomic E-state index is 0.112. The number of amides is 1. The number of aromatic nitrogens is 4. The van der Waals surface area contributed by atoms with Gasteiger partial charge in [0.25, 0.3) is 11.5 Å². The van der Waals surface area contributed by atoms with Gasteiger partial charge in [-0.2, -0.15) is 10.1 Å². The molecule has 0 aliphatic heterocycles. The fourth-order valence-corrected chi connectivity index (χ4v) is 2.98. The van der Waals surface area contributed by atoms with Crippen molar-refractivity contribution in [3.8, 4) is 0 Å². The molecule has 25 heavy (non-hydrogen) atoms. The molecule has 3 rings (SSSR count). The normalized spacial score (nSPS) is 11.6. The first kappa shape index (κ1) is 17.2. The molecule has 3 aromatic heterocycles. The Kier molecular flexibility index (Phi) is 4.58. The van der Waals surface area contributed by atoms with Gasteiger partial charge in [0, 0.05) is 13.1 Å². The zero-order valence-corrected chi connectivity index (χ0v) is 15.1. The maximum absolute atomic E-state index is 12.2. The van der Waals surface area contributed by atoms with E-state index in [4.69, 9.17) is 0 Å². The van der Waals surface area contributed by atoms with Crippen LogP contribution < -0.4 is 16.2 Å². The number of nitrogens with zero attached hydrogens (tertiary/aromatic N) is 3. The van der Waals surface area contributed by atoms with Gasteiger partial charge >= 0.3 is 0 Å². The molecule has 9 heteroatoms. The molecule has 0 bridgehead atoms. The minimum atomic E-state index is -0.283. The second-order valence-electron chi connectivity index (χ2n) is 6.54. The molecule has 0 aliphatic rings. The van der Waals surface area contributed by atoms with Crippen molar-refractivity contribution in [2.45, 2.75) is 26.3 Å². The largest absolute Gasteiger partial charge is 0.354 e. The number of carbonyl (C=O) groups is 1. The molecule has 3 N–H and O–H groups in total. The number of hydrogen-bond acceptors (Lipinski definition) is 6. The number of H-pyrrole nitrogens is 1. The molecule has 3 aromatic rings. The number of fused-ring (bicyclic) bond motifs is 1. The molecule has 0 fully saturated rings. The van der Waals surface area contributed by atoms with Crippen LogP contribution in [0.15, 0.2) is 28.5 Å². The van der Waals surface area contributed by atoms with Gasteiger partial charge < -0.3 is 10.6 Å². The molecule has 0 saturated heterocycles. The summed E-state index contributed by atoms with van der Waals surface area (Å²) in [5, 5.41) is 12.4. The molecule has 1 amide bonds. The average Bonchev–Trinajstić information content (AvgIpc) is 3.20. The predicted molar refractivity (Wildman–Crippen MR) is 98.3 cm³/mol.